The Morgan fingerprint density at radius 3 is 2.56 bits per heavy atom. The summed E-state index contributed by atoms with van der Waals surface area (Å²) in [4.78, 5) is 13.5. The minimum atomic E-state index is -4.74. The van der Waals surface area contributed by atoms with Crippen LogP contribution in [0.1, 0.15) is 71.5 Å². The minimum Gasteiger partial charge on any atom is -0.318 e. The number of anilines is 1. The van der Waals surface area contributed by atoms with Gasteiger partial charge in [-0.05, 0) is 67.8 Å². The number of nitrogens with two attached hydrogens (primary N) is 1. The lowest BCUT2D eigenvalue weighted by atomic mass is 9.81. The molecule has 1 aromatic heterocycles. The molecule has 218 valence electrons. The van der Waals surface area contributed by atoms with Crippen LogP contribution < -0.4 is 27.2 Å². The van der Waals surface area contributed by atoms with Crippen molar-refractivity contribution in [2.45, 2.75) is 62.6 Å². The quantitative estimate of drug-likeness (QED) is 0.255. The molecule has 6 rings (SSSR count). The summed E-state index contributed by atoms with van der Waals surface area (Å²) in [5.41, 5.74) is 12.4. The van der Waals surface area contributed by atoms with Gasteiger partial charge in [-0.1, -0.05) is 36.4 Å². The van der Waals surface area contributed by atoms with Crippen LogP contribution in [0, 0.1) is 17.7 Å². The number of hydrogen-bond acceptors (Lipinski definition) is 6. The van der Waals surface area contributed by atoms with Crippen LogP contribution in [-0.4, -0.2) is 34.4 Å². The first-order chi connectivity index (χ1) is 19.7. The first kappa shape index (κ1) is 27.8. The first-order valence-electron chi connectivity index (χ1n) is 14.0. The largest absolute Gasteiger partial charge is 0.435 e. The highest BCUT2D eigenvalue weighted by molar-refractivity contribution is 6.03. The van der Waals surface area contributed by atoms with Gasteiger partial charge in [-0.15, -0.1) is 0 Å². The van der Waals surface area contributed by atoms with Crippen molar-refractivity contribution in [3.05, 3.63) is 82.9 Å². The molecule has 5 unspecified atom stereocenters. The summed E-state index contributed by atoms with van der Waals surface area (Å²) in [7, 11) is 0. The van der Waals surface area contributed by atoms with Gasteiger partial charge >= 0.3 is 6.18 Å². The van der Waals surface area contributed by atoms with Gasteiger partial charge in [0.2, 0.25) is 0 Å². The molecule has 2 aromatic carbocycles. The maximum atomic E-state index is 15.0. The minimum absolute atomic E-state index is 0.0321. The van der Waals surface area contributed by atoms with Gasteiger partial charge in [-0.25, -0.2) is 9.82 Å². The average Bonchev–Trinajstić information content (AvgIpc) is 3.54. The topological polar surface area (TPSA) is 109 Å². The molecular formula is C29H33F4N7O. The number of amides is 1. The number of hydrogen-bond donors (Lipinski definition) is 5. The fourth-order valence-electron chi connectivity index (χ4n) is 5.96. The fourth-order valence-corrected chi connectivity index (χ4v) is 5.96. The van der Waals surface area contributed by atoms with E-state index in [1.165, 1.54) is 12.1 Å². The van der Waals surface area contributed by atoms with Crippen LogP contribution in [0.5, 0.6) is 0 Å². The summed E-state index contributed by atoms with van der Waals surface area (Å²) >= 11 is 0. The third-order valence-corrected chi connectivity index (χ3v) is 8.39. The van der Waals surface area contributed by atoms with Crippen LogP contribution in [0.3, 0.4) is 0 Å². The number of hydrazine groups is 1. The summed E-state index contributed by atoms with van der Waals surface area (Å²) in [6.45, 7) is 0.802. The highest BCUT2D eigenvalue weighted by atomic mass is 19.4. The van der Waals surface area contributed by atoms with Crippen molar-refractivity contribution < 1.29 is 22.4 Å². The normalized spacial score (nSPS) is 25.1. The molecule has 2 heterocycles. The molecule has 1 saturated heterocycles. The molecule has 2 aliphatic carbocycles. The predicted molar refractivity (Wildman–Crippen MR) is 145 cm³/mol. The molecule has 2 saturated carbocycles. The number of carbonyl (C=O) groups excluding carboxylic acids is 1. The van der Waals surface area contributed by atoms with E-state index >= 15 is 4.39 Å². The third kappa shape index (κ3) is 6.01. The standard InChI is InChI=1S/C29H33F4N7O/c30-21-10-8-18(26(35-15-16-6-7-16)17-4-2-1-3-5-17)12-23(21)36-28(41)24-14-25(29(31,32)33)39-40(24)19-9-11-22-20(13-19)27(34)38-37-22/h1-5,8,10,12,14,16,19-20,22,26-27,35,37-38H,6-7,9,11,13,15,34H2,(H,36,41). The molecular weight excluding hydrogens is 538 g/mol. The van der Waals surface area contributed by atoms with Gasteiger partial charge < -0.3 is 16.4 Å². The number of fused-ring (bicyclic) bond motifs is 1. The van der Waals surface area contributed by atoms with Gasteiger partial charge in [0.15, 0.2) is 5.69 Å². The Bertz CT molecular complexity index is 1390. The van der Waals surface area contributed by atoms with Crippen molar-refractivity contribution in [3.8, 4) is 0 Å². The second-order valence-corrected chi connectivity index (χ2v) is 11.3. The van der Waals surface area contributed by atoms with E-state index in [4.69, 9.17) is 5.73 Å². The van der Waals surface area contributed by atoms with Crippen molar-refractivity contribution in [2.24, 2.45) is 17.6 Å². The molecule has 8 nitrogen and oxygen atoms in total. The number of nitrogens with one attached hydrogen (secondary N) is 4. The monoisotopic (exact) mass is 571 g/mol. The highest BCUT2D eigenvalue weighted by Crippen LogP contribution is 2.38. The molecule has 12 heteroatoms. The Morgan fingerprint density at radius 2 is 1.83 bits per heavy atom. The van der Waals surface area contributed by atoms with Crippen molar-refractivity contribution in [1.82, 2.24) is 25.9 Å². The molecule has 3 fully saturated rings. The molecule has 1 aliphatic heterocycles. The van der Waals surface area contributed by atoms with Crippen molar-refractivity contribution >= 4 is 11.6 Å². The van der Waals surface area contributed by atoms with E-state index in [9.17, 15) is 18.0 Å². The van der Waals surface area contributed by atoms with E-state index in [-0.39, 0.29) is 35.5 Å². The lowest BCUT2D eigenvalue weighted by molar-refractivity contribution is -0.141. The lowest BCUT2D eigenvalue weighted by Crippen LogP contribution is -2.40. The van der Waals surface area contributed by atoms with Gasteiger partial charge in [0.1, 0.15) is 11.5 Å². The summed E-state index contributed by atoms with van der Waals surface area (Å²) in [5.74, 6) is -0.979. The Kier molecular flexibility index (Phi) is 7.58. The molecule has 6 N–H and O–H groups in total. The van der Waals surface area contributed by atoms with Crippen LogP contribution in [0.15, 0.2) is 54.6 Å². The third-order valence-electron chi connectivity index (χ3n) is 8.39. The number of aromatic nitrogens is 2. The van der Waals surface area contributed by atoms with E-state index < -0.39 is 29.6 Å². The summed E-state index contributed by atoms with van der Waals surface area (Å²) < 4.78 is 57.3. The zero-order chi connectivity index (χ0) is 28.7. The maximum absolute atomic E-state index is 15.0. The van der Waals surface area contributed by atoms with E-state index in [1.807, 2.05) is 30.3 Å². The smallest absolute Gasteiger partial charge is 0.318 e. The van der Waals surface area contributed by atoms with Gasteiger partial charge in [0.05, 0.1) is 23.9 Å². The number of halogens is 4. The second kappa shape index (κ2) is 11.2. The first-order valence-corrected chi connectivity index (χ1v) is 14.0. The summed E-state index contributed by atoms with van der Waals surface area (Å²) in [6, 6.07) is 14.3. The van der Waals surface area contributed by atoms with Crippen LogP contribution in [-0.2, 0) is 6.18 Å². The van der Waals surface area contributed by atoms with E-state index in [0.29, 0.717) is 25.2 Å². The van der Waals surface area contributed by atoms with Crippen LogP contribution in [0.4, 0.5) is 23.2 Å². The Hall–Kier alpha value is -3.32. The maximum Gasteiger partial charge on any atom is 0.435 e. The number of alkyl halides is 3. The molecule has 3 aliphatic rings. The zero-order valence-corrected chi connectivity index (χ0v) is 22.3. The van der Waals surface area contributed by atoms with Gasteiger partial charge in [0, 0.05) is 18.0 Å². The Labute approximate surface area is 235 Å². The van der Waals surface area contributed by atoms with E-state index in [0.717, 1.165) is 41.3 Å². The fraction of sp³-hybridized carbons (Fsp3) is 0.448. The van der Waals surface area contributed by atoms with Gasteiger partial charge in [0.25, 0.3) is 5.91 Å². The summed E-state index contributed by atoms with van der Waals surface area (Å²) in [6.07, 6.45) is -1.17. The average molecular weight is 572 g/mol. The van der Waals surface area contributed by atoms with Crippen LogP contribution in [0.2, 0.25) is 0 Å². The van der Waals surface area contributed by atoms with Gasteiger partial charge in [-0.2, -0.15) is 18.3 Å². The SMILES string of the molecule is NC1NNC2CCC(n3nc(C(F)(F)F)cc3C(=O)Nc3cc(C(NCC4CC4)c4ccccc4)ccc3F)CC12. The second-order valence-electron chi connectivity index (χ2n) is 11.3. The number of nitrogens with zero attached hydrogens (tertiary/aromatic N) is 2. The zero-order valence-electron chi connectivity index (χ0n) is 22.3. The van der Waals surface area contributed by atoms with Crippen LogP contribution >= 0.6 is 0 Å². The van der Waals surface area contributed by atoms with Gasteiger partial charge in [-0.3, -0.25) is 14.9 Å². The molecule has 1 amide bonds. The molecule has 5 atom stereocenters. The lowest BCUT2D eigenvalue weighted by Gasteiger charge is -2.33. The van der Waals surface area contributed by atoms with Crippen molar-refractivity contribution in [2.75, 3.05) is 11.9 Å². The molecule has 0 bridgehead atoms. The van der Waals surface area contributed by atoms with Crippen molar-refractivity contribution in [3.63, 3.8) is 0 Å². The highest BCUT2D eigenvalue weighted by Gasteiger charge is 2.42. The molecule has 0 spiro atoms. The van der Waals surface area contributed by atoms with Crippen LogP contribution in [0.25, 0.3) is 0 Å². The molecule has 3 aromatic rings. The van der Waals surface area contributed by atoms with E-state index in [1.54, 1.807) is 6.07 Å². The molecule has 41 heavy (non-hydrogen) atoms. The van der Waals surface area contributed by atoms with Crippen molar-refractivity contribution in [1.29, 1.82) is 0 Å². The molecule has 0 radical (unpaired) electrons. The summed E-state index contributed by atoms with van der Waals surface area (Å²) in [5, 5.41) is 9.88. The predicted octanol–water partition coefficient (Wildman–Crippen LogP) is 4.48. The number of rotatable bonds is 8. The number of benzene rings is 2. The van der Waals surface area contributed by atoms with E-state index in [2.05, 4.69) is 26.6 Å². The Balaban J connectivity index is 1.28. The number of carbonyl (C=O) groups is 1. The Morgan fingerprint density at radius 1 is 1.05 bits per heavy atom.